The molecule has 31 heavy (non-hydrogen) atoms. The molecule has 0 atom stereocenters. The fraction of sp³-hybridized carbons (Fsp3) is 0.0909. The van der Waals surface area contributed by atoms with Crippen LogP contribution in [0.5, 0.6) is 5.75 Å². The van der Waals surface area contributed by atoms with Gasteiger partial charge in [0.25, 0.3) is 5.91 Å². The number of benzene rings is 2. The molecule has 7 nitrogen and oxygen atoms in total. The molecule has 0 aliphatic carbocycles. The summed E-state index contributed by atoms with van der Waals surface area (Å²) in [6.45, 7) is 1.42. The number of halogens is 1. The number of thiazole rings is 1. The van der Waals surface area contributed by atoms with E-state index in [9.17, 15) is 14.9 Å². The minimum absolute atomic E-state index is 0.121. The minimum Gasteiger partial charge on any atom is -0.497 e. The quantitative estimate of drug-likeness (QED) is 0.417. The van der Waals surface area contributed by atoms with Crippen LogP contribution in [0, 0.1) is 11.3 Å². The molecule has 3 aromatic rings. The Morgan fingerprint density at radius 2 is 2.00 bits per heavy atom. The summed E-state index contributed by atoms with van der Waals surface area (Å²) in [7, 11) is 1.55. The number of nitrogens with one attached hydrogen (secondary N) is 1. The molecule has 1 aromatic heterocycles. The average molecular weight is 453 g/mol. The number of carbonyl (C=O) groups is 2. The molecule has 0 spiro atoms. The number of amides is 2. The Hall–Kier alpha value is -3.67. The van der Waals surface area contributed by atoms with Crippen molar-refractivity contribution in [2.45, 2.75) is 6.92 Å². The zero-order valence-corrected chi connectivity index (χ0v) is 18.2. The Balaban J connectivity index is 1.82. The highest BCUT2D eigenvalue weighted by Gasteiger charge is 2.18. The van der Waals surface area contributed by atoms with Gasteiger partial charge < -0.3 is 10.1 Å². The van der Waals surface area contributed by atoms with Gasteiger partial charge in [-0.3, -0.25) is 14.5 Å². The molecule has 0 bridgehead atoms. The molecule has 0 unspecified atom stereocenters. The smallest absolute Gasteiger partial charge is 0.266 e. The molecule has 1 heterocycles. The van der Waals surface area contributed by atoms with Gasteiger partial charge in [-0.15, -0.1) is 11.3 Å². The summed E-state index contributed by atoms with van der Waals surface area (Å²) in [5.74, 6) is -0.163. The number of nitrogens with zero attached hydrogens (tertiary/aromatic N) is 3. The van der Waals surface area contributed by atoms with Crippen molar-refractivity contribution in [1.82, 2.24) is 4.98 Å². The first-order valence-corrected chi connectivity index (χ1v) is 10.3. The maximum Gasteiger partial charge on any atom is 0.266 e. The fourth-order valence-electron chi connectivity index (χ4n) is 2.66. The van der Waals surface area contributed by atoms with Crippen molar-refractivity contribution in [3.05, 3.63) is 70.2 Å². The van der Waals surface area contributed by atoms with Crippen LogP contribution >= 0.6 is 22.9 Å². The van der Waals surface area contributed by atoms with Gasteiger partial charge in [0.2, 0.25) is 5.91 Å². The summed E-state index contributed by atoms with van der Waals surface area (Å²) < 4.78 is 5.08. The number of nitriles is 1. The Morgan fingerprint density at radius 1 is 1.26 bits per heavy atom. The Morgan fingerprint density at radius 3 is 2.61 bits per heavy atom. The molecule has 0 saturated heterocycles. The topological polar surface area (TPSA) is 95.3 Å². The van der Waals surface area contributed by atoms with Crippen LogP contribution < -0.4 is 15.0 Å². The molecular weight excluding hydrogens is 436 g/mol. The summed E-state index contributed by atoms with van der Waals surface area (Å²) in [6.07, 6.45) is 1.37. The second-order valence-electron chi connectivity index (χ2n) is 6.24. The summed E-state index contributed by atoms with van der Waals surface area (Å²) >= 11 is 7.25. The van der Waals surface area contributed by atoms with E-state index in [4.69, 9.17) is 16.3 Å². The Bertz CT molecular complexity index is 1180. The maximum absolute atomic E-state index is 12.5. The normalized spacial score (nSPS) is 10.8. The van der Waals surface area contributed by atoms with Crippen molar-refractivity contribution in [3.8, 4) is 11.8 Å². The van der Waals surface area contributed by atoms with Gasteiger partial charge in [0.15, 0.2) is 5.13 Å². The van der Waals surface area contributed by atoms with Gasteiger partial charge in [-0.2, -0.15) is 5.26 Å². The van der Waals surface area contributed by atoms with E-state index < -0.39 is 5.91 Å². The lowest BCUT2D eigenvalue weighted by Crippen LogP contribution is -2.22. The number of carbonyl (C=O) groups excluding carboxylic acids is 2. The lowest BCUT2D eigenvalue weighted by atomic mass is 10.2. The van der Waals surface area contributed by atoms with Crippen LogP contribution in [0.2, 0.25) is 5.02 Å². The molecule has 3 rings (SSSR count). The number of methoxy groups -OCH3 is 1. The predicted molar refractivity (Wildman–Crippen MR) is 122 cm³/mol. The van der Waals surface area contributed by atoms with Crippen LogP contribution in [-0.4, -0.2) is 23.9 Å². The number of ether oxygens (including phenoxy) is 1. The van der Waals surface area contributed by atoms with Crippen molar-refractivity contribution < 1.29 is 14.3 Å². The van der Waals surface area contributed by atoms with E-state index >= 15 is 0 Å². The molecule has 0 aliphatic heterocycles. The number of hydrogen-bond donors (Lipinski definition) is 1. The van der Waals surface area contributed by atoms with Crippen LogP contribution in [-0.2, 0) is 9.59 Å². The molecule has 2 amide bonds. The standard InChI is InChI=1S/C22H17ClN4O3S/c1-14(28)27(19-5-3-4-16(23)11-19)22-26-18(13-31-22)10-15(12-24)21(29)25-17-6-8-20(30-2)9-7-17/h3-11,13H,1-2H3,(H,25,29)/b15-10+. The van der Waals surface area contributed by atoms with E-state index in [0.717, 1.165) is 0 Å². The average Bonchev–Trinajstić information content (AvgIpc) is 3.20. The van der Waals surface area contributed by atoms with Crippen LogP contribution in [0.3, 0.4) is 0 Å². The van der Waals surface area contributed by atoms with Crippen LogP contribution in [0.4, 0.5) is 16.5 Å². The number of rotatable bonds is 6. The molecule has 2 aromatic carbocycles. The molecule has 0 saturated carbocycles. The molecule has 0 fully saturated rings. The van der Waals surface area contributed by atoms with Gasteiger partial charge in [-0.25, -0.2) is 4.98 Å². The van der Waals surface area contributed by atoms with Crippen molar-refractivity contribution in [1.29, 1.82) is 5.26 Å². The lowest BCUT2D eigenvalue weighted by molar-refractivity contribution is -0.116. The fourth-order valence-corrected chi connectivity index (χ4v) is 3.69. The van der Waals surface area contributed by atoms with E-state index in [0.29, 0.717) is 33.0 Å². The zero-order valence-electron chi connectivity index (χ0n) is 16.6. The molecule has 156 valence electrons. The number of anilines is 3. The first-order valence-electron chi connectivity index (χ1n) is 9.00. The minimum atomic E-state index is -0.569. The van der Waals surface area contributed by atoms with Crippen molar-refractivity contribution in [3.63, 3.8) is 0 Å². The Labute approximate surface area is 188 Å². The van der Waals surface area contributed by atoms with E-state index in [1.54, 1.807) is 61.0 Å². The van der Waals surface area contributed by atoms with Gasteiger partial charge >= 0.3 is 0 Å². The van der Waals surface area contributed by atoms with Crippen molar-refractivity contribution >= 4 is 57.3 Å². The first kappa shape index (κ1) is 22.0. The van der Waals surface area contributed by atoms with Crippen molar-refractivity contribution in [2.75, 3.05) is 17.3 Å². The van der Waals surface area contributed by atoms with E-state index in [-0.39, 0.29) is 11.5 Å². The van der Waals surface area contributed by atoms with Crippen LogP contribution in [0.1, 0.15) is 12.6 Å². The third-order valence-corrected chi connectivity index (χ3v) is 5.17. The highest BCUT2D eigenvalue weighted by molar-refractivity contribution is 7.14. The molecular formula is C22H17ClN4O3S. The van der Waals surface area contributed by atoms with Gasteiger partial charge in [0, 0.05) is 23.0 Å². The second-order valence-corrected chi connectivity index (χ2v) is 7.51. The number of aromatic nitrogens is 1. The summed E-state index contributed by atoms with van der Waals surface area (Å²) in [4.78, 5) is 30.5. The maximum atomic E-state index is 12.5. The predicted octanol–water partition coefficient (Wildman–Crippen LogP) is 5.04. The third kappa shape index (κ3) is 5.48. The van der Waals surface area contributed by atoms with Crippen molar-refractivity contribution in [2.24, 2.45) is 0 Å². The highest BCUT2D eigenvalue weighted by Crippen LogP contribution is 2.31. The number of hydrogen-bond acceptors (Lipinski definition) is 6. The van der Waals surface area contributed by atoms with Gasteiger partial charge in [-0.1, -0.05) is 17.7 Å². The van der Waals surface area contributed by atoms with Crippen LogP contribution in [0.15, 0.2) is 59.5 Å². The zero-order chi connectivity index (χ0) is 22.4. The summed E-state index contributed by atoms with van der Waals surface area (Å²) in [5.41, 5.74) is 1.36. The highest BCUT2D eigenvalue weighted by atomic mass is 35.5. The van der Waals surface area contributed by atoms with Gasteiger partial charge in [0.1, 0.15) is 17.4 Å². The first-order chi connectivity index (χ1) is 14.9. The molecule has 0 aliphatic rings. The molecule has 1 N–H and O–H groups in total. The monoisotopic (exact) mass is 452 g/mol. The summed E-state index contributed by atoms with van der Waals surface area (Å²) in [6, 6.07) is 15.5. The van der Waals surface area contributed by atoms with Gasteiger partial charge in [-0.05, 0) is 48.5 Å². The van der Waals surface area contributed by atoms with Crippen LogP contribution in [0.25, 0.3) is 6.08 Å². The molecule has 0 radical (unpaired) electrons. The third-order valence-electron chi connectivity index (χ3n) is 4.09. The molecule has 9 heteroatoms. The second kappa shape index (κ2) is 9.89. The lowest BCUT2D eigenvalue weighted by Gasteiger charge is -2.18. The SMILES string of the molecule is COc1ccc(NC(=O)/C(C#N)=C/c2csc(N(C(C)=O)c3cccc(Cl)c3)n2)cc1. The summed E-state index contributed by atoms with van der Waals surface area (Å²) in [5, 5.41) is 14.6. The van der Waals surface area contributed by atoms with Gasteiger partial charge in [0.05, 0.1) is 18.5 Å². The van der Waals surface area contributed by atoms with E-state index in [2.05, 4.69) is 10.3 Å². The van der Waals surface area contributed by atoms with E-state index in [1.807, 2.05) is 6.07 Å². The Kier molecular flexibility index (Phi) is 7.03. The van der Waals surface area contributed by atoms with E-state index in [1.165, 1.54) is 29.2 Å². The largest absolute Gasteiger partial charge is 0.497 e.